The van der Waals surface area contributed by atoms with Gasteiger partial charge >= 0.3 is 0 Å². The van der Waals surface area contributed by atoms with Gasteiger partial charge in [-0.25, -0.2) is 0 Å². The molecule has 0 bridgehead atoms. The Hall–Kier alpha value is -2.05. The Morgan fingerprint density at radius 2 is 1.92 bits per heavy atom. The van der Waals surface area contributed by atoms with Gasteiger partial charge in [0, 0.05) is 6.20 Å². The number of amides is 2. The van der Waals surface area contributed by atoms with Crippen LogP contribution >= 0.6 is 23.4 Å². The second-order valence-corrected chi connectivity index (χ2v) is 7.66. The van der Waals surface area contributed by atoms with E-state index in [2.05, 4.69) is 17.2 Å². The number of carbonyl (C=O) groups is 2. The minimum atomic E-state index is -0.362. The van der Waals surface area contributed by atoms with E-state index in [9.17, 15) is 9.59 Å². The van der Waals surface area contributed by atoms with E-state index in [1.165, 1.54) is 5.56 Å². The number of benzene rings is 1. The zero-order valence-corrected chi connectivity index (χ0v) is 15.8. The van der Waals surface area contributed by atoms with Crippen LogP contribution in [0.4, 0.5) is 4.79 Å². The van der Waals surface area contributed by atoms with Crippen LogP contribution in [0.25, 0.3) is 0 Å². The lowest BCUT2D eigenvalue weighted by Gasteiger charge is -2.12. The average molecular weight is 391 g/mol. The number of alkyl halides is 1. The Morgan fingerprint density at radius 3 is 2.50 bits per heavy atom. The molecule has 26 heavy (non-hydrogen) atoms. The minimum Gasteiger partial charge on any atom is -0.492 e. The summed E-state index contributed by atoms with van der Waals surface area (Å²) in [6.07, 6.45) is 3.29. The zero-order valence-electron chi connectivity index (χ0n) is 14.3. The first-order valence-corrected chi connectivity index (χ1v) is 9.69. The maximum atomic E-state index is 11.6. The van der Waals surface area contributed by atoms with Gasteiger partial charge in [-0.2, -0.15) is 0 Å². The highest BCUT2D eigenvalue weighted by Gasteiger charge is 2.31. The van der Waals surface area contributed by atoms with Gasteiger partial charge < -0.3 is 4.74 Å². The predicted molar refractivity (Wildman–Crippen MR) is 103 cm³/mol. The smallest absolute Gasteiger partial charge is 0.286 e. The second kappa shape index (κ2) is 8.56. The van der Waals surface area contributed by atoms with Gasteiger partial charge in [0.25, 0.3) is 5.24 Å². The molecule has 136 valence electrons. The van der Waals surface area contributed by atoms with Crippen LogP contribution in [0, 0.1) is 0 Å². The van der Waals surface area contributed by atoms with Gasteiger partial charge in [0.1, 0.15) is 17.7 Å². The summed E-state index contributed by atoms with van der Waals surface area (Å²) in [7, 11) is 0. The summed E-state index contributed by atoms with van der Waals surface area (Å²) in [5.41, 5.74) is 2.93. The van der Waals surface area contributed by atoms with Crippen molar-refractivity contribution < 1.29 is 14.3 Å². The van der Waals surface area contributed by atoms with E-state index in [0.717, 1.165) is 29.4 Å². The van der Waals surface area contributed by atoms with E-state index >= 15 is 0 Å². The number of halogens is 1. The maximum Gasteiger partial charge on any atom is 0.286 e. The van der Waals surface area contributed by atoms with Crippen LogP contribution in [-0.4, -0.2) is 28.0 Å². The molecule has 5 nitrogen and oxygen atoms in total. The Balaban J connectivity index is 1.52. The molecule has 1 aliphatic heterocycles. The van der Waals surface area contributed by atoms with Gasteiger partial charge in [-0.15, -0.1) is 11.6 Å². The van der Waals surface area contributed by atoms with Crippen molar-refractivity contribution >= 4 is 34.5 Å². The molecule has 2 aromatic rings. The van der Waals surface area contributed by atoms with Crippen molar-refractivity contribution in [2.45, 2.75) is 30.4 Å². The molecule has 2 unspecified atom stereocenters. The van der Waals surface area contributed by atoms with Crippen molar-refractivity contribution in [3.63, 3.8) is 0 Å². The highest BCUT2D eigenvalue weighted by atomic mass is 35.5. The lowest BCUT2D eigenvalue weighted by atomic mass is 10.1. The molecule has 1 saturated heterocycles. The fourth-order valence-electron chi connectivity index (χ4n) is 2.55. The van der Waals surface area contributed by atoms with E-state index in [-0.39, 0.29) is 21.8 Å². The highest BCUT2D eigenvalue weighted by molar-refractivity contribution is 8.15. The van der Waals surface area contributed by atoms with Crippen LogP contribution in [0.1, 0.15) is 29.1 Å². The molecule has 1 aliphatic rings. The Kier molecular flexibility index (Phi) is 6.16. The average Bonchev–Trinajstić information content (AvgIpc) is 2.98. The van der Waals surface area contributed by atoms with Crippen LogP contribution in [-0.2, 0) is 17.6 Å². The minimum absolute atomic E-state index is 0.230. The molecule has 2 heterocycles. The molecule has 0 saturated carbocycles. The van der Waals surface area contributed by atoms with Crippen molar-refractivity contribution in [3.8, 4) is 5.75 Å². The van der Waals surface area contributed by atoms with Gasteiger partial charge in [-0.1, -0.05) is 36.9 Å². The van der Waals surface area contributed by atoms with E-state index in [0.29, 0.717) is 18.8 Å². The monoisotopic (exact) mass is 390 g/mol. The standard InChI is InChI=1S/C19H19ClN2O3S/c1-2-12-5-8-16(21-10-12)15(20)11-25-14-6-3-13(4-7-14)9-17-18(23)22-19(24)26-17/h3-8,10,15,17H,2,9,11H2,1H3,(H,22,23,24). The second-order valence-electron chi connectivity index (χ2n) is 5.95. The maximum absolute atomic E-state index is 11.6. The van der Waals surface area contributed by atoms with Crippen molar-refractivity contribution in [1.82, 2.24) is 10.3 Å². The van der Waals surface area contributed by atoms with Gasteiger partial charge in [-0.3, -0.25) is 19.9 Å². The summed E-state index contributed by atoms with van der Waals surface area (Å²) < 4.78 is 5.73. The molecule has 0 radical (unpaired) electrons. The van der Waals surface area contributed by atoms with E-state index in [4.69, 9.17) is 16.3 Å². The molecular formula is C19H19ClN2O3S. The molecule has 0 aliphatic carbocycles. The molecule has 1 N–H and O–H groups in total. The SMILES string of the molecule is CCc1ccc(C(Cl)COc2ccc(CC3SC(=O)NC3=O)cc2)nc1. The molecule has 2 amide bonds. The van der Waals surface area contributed by atoms with Crippen LogP contribution in [0.3, 0.4) is 0 Å². The first-order valence-electron chi connectivity index (χ1n) is 8.37. The van der Waals surface area contributed by atoms with Crippen molar-refractivity contribution in [1.29, 1.82) is 0 Å². The number of nitrogens with one attached hydrogen (secondary N) is 1. The number of ether oxygens (including phenoxy) is 1. The Bertz CT molecular complexity index is 780. The molecule has 1 aromatic carbocycles. The lowest BCUT2D eigenvalue weighted by Crippen LogP contribution is -2.25. The van der Waals surface area contributed by atoms with Crippen LogP contribution in [0.2, 0.25) is 0 Å². The van der Waals surface area contributed by atoms with Gasteiger partial charge in [0.15, 0.2) is 0 Å². The van der Waals surface area contributed by atoms with E-state index in [1.54, 1.807) is 0 Å². The number of nitrogens with zero attached hydrogens (tertiary/aromatic N) is 1. The number of hydrogen-bond donors (Lipinski definition) is 1. The number of aromatic nitrogens is 1. The number of pyridine rings is 1. The third-order valence-corrected chi connectivity index (χ3v) is 5.42. The highest BCUT2D eigenvalue weighted by Crippen LogP contribution is 2.25. The molecule has 7 heteroatoms. The summed E-state index contributed by atoms with van der Waals surface area (Å²) >= 11 is 7.39. The fraction of sp³-hybridized carbons (Fsp3) is 0.316. The number of carbonyl (C=O) groups excluding carboxylic acids is 2. The van der Waals surface area contributed by atoms with E-state index < -0.39 is 0 Å². The quantitative estimate of drug-likeness (QED) is 0.726. The van der Waals surface area contributed by atoms with Crippen LogP contribution in [0.15, 0.2) is 42.6 Å². The van der Waals surface area contributed by atoms with Gasteiger partial charge in [0.2, 0.25) is 5.91 Å². The number of hydrogen-bond acceptors (Lipinski definition) is 5. The number of rotatable bonds is 7. The van der Waals surface area contributed by atoms with Crippen molar-refractivity contribution in [2.24, 2.45) is 0 Å². The Labute approximate surface area is 161 Å². The molecular weight excluding hydrogens is 372 g/mol. The third kappa shape index (κ3) is 4.77. The predicted octanol–water partition coefficient (Wildman–Crippen LogP) is 3.90. The summed E-state index contributed by atoms with van der Waals surface area (Å²) in [6.45, 7) is 2.39. The fourth-order valence-corrected chi connectivity index (χ4v) is 3.60. The van der Waals surface area contributed by atoms with Crippen LogP contribution < -0.4 is 10.1 Å². The zero-order chi connectivity index (χ0) is 18.5. The summed E-state index contributed by atoms with van der Waals surface area (Å²) in [4.78, 5) is 27.2. The largest absolute Gasteiger partial charge is 0.492 e. The Morgan fingerprint density at radius 1 is 1.19 bits per heavy atom. The normalized spacial score (nSPS) is 17.8. The molecule has 3 rings (SSSR count). The topological polar surface area (TPSA) is 68.3 Å². The van der Waals surface area contributed by atoms with Gasteiger partial charge in [0.05, 0.1) is 10.9 Å². The molecule has 2 atom stereocenters. The number of aryl methyl sites for hydroxylation is 1. The summed E-state index contributed by atoms with van der Waals surface area (Å²) in [5, 5.41) is 1.32. The van der Waals surface area contributed by atoms with Crippen molar-refractivity contribution in [3.05, 3.63) is 59.4 Å². The molecule has 0 spiro atoms. The molecule has 1 aromatic heterocycles. The number of imide groups is 1. The summed E-state index contributed by atoms with van der Waals surface area (Å²) in [5.74, 6) is 0.469. The first-order chi connectivity index (χ1) is 12.5. The van der Waals surface area contributed by atoms with E-state index in [1.807, 2.05) is 42.6 Å². The number of thioether (sulfide) groups is 1. The van der Waals surface area contributed by atoms with Gasteiger partial charge in [-0.05, 0) is 42.2 Å². The first kappa shape index (κ1) is 18.7. The molecule has 1 fully saturated rings. The summed E-state index contributed by atoms with van der Waals surface area (Å²) in [6, 6.07) is 11.4. The van der Waals surface area contributed by atoms with Crippen molar-refractivity contribution in [2.75, 3.05) is 6.61 Å². The third-order valence-electron chi connectivity index (χ3n) is 4.08. The lowest BCUT2D eigenvalue weighted by molar-refractivity contribution is -0.118. The van der Waals surface area contributed by atoms with Crippen LogP contribution in [0.5, 0.6) is 5.75 Å².